The Labute approximate surface area is 112 Å². The number of carboxylic acid groups (broad SMARTS) is 1. The van der Waals surface area contributed by atoms with Crippen LogP contribution in [0.3, 0.4) is 0 Å². The third-order valence-corrected chi connectivity index (χ3v) is 3.30. The van der Waals surface area contributed by atoms with E-state index in [2.05, 4.69) is 15.3 Å². The third-order valence-electron chi connectivity index (χ3n) is 2.61. The average Bonchev–Trinajstić information content (AvgIpc) is 2.90. The van der Waals surface area contributed by atoms with Gasteiger partial charge in [-0.15, -0.1) is 11.3 Å². The molecule has 0 aliphatic carbocycles. The average molecular weight is 271 g/mol. The fourth-order valence-corrected chi connectivity index (χ4v) is 2.35. The first-order chi connectivity index (χ1) is 9.24. The zero-order chi connectivity index (χ0) is 13.2. The lowest BCUT2D eigenvalue weighted by Gasteiger charge is -2.07. The molecule has 2 N–H and O–H groups in total. The summed E-state index contributed by atoms with van der Waals surface area (Å²) in [5.41, 5.74) is 0.867. The molecule has 0 fully saturated rings. The minimum atomic E-state index is -0.971. The number of benzene rings is 1. The van der Waals surface area contributed by atoms with Crippen molar-refractivity contribution in [3.8, 4) is 0 Å². The van der Waals surface area contributed by atoms with Crippen molar-refractivity contribution in [3.05, 3.63) is 47.5 Å². The highest BCUT2D eigenvalue weighted by atomic mass is 32.1. The highest BCUT2D eigenvalue weighted by Gasteiger charge is 2.11. The fraction of sp³-hybridized carbons (Fsp3) is 0. The summed E-state index contributed by atoms with van der Waals surface area (Å²) in [5, 5.41) is 15.4. The van der Waals surface area contributed by atoms with E-state index in [4.69, 9.17) is 0 Å². The van der Waals surface area contributed by atoms with Gasteiger partial charge in [0, 0.05) is 17.0 Å². The van der Waals surface area contributed by atoms with Gasteiger partial charge < -0.3 is 10.4 Å². The van der Waals surface area contributed by atoms with Gasteiger partial charge in [-0.05, 0) is 12.1 Å². The van der Waals surface area contributed by atoms with Crippen LogP contribution in [0.2, 0.25) is 0 Å². The second-order valence-electron chi connectivity index (χ2n) is 3.84. The molecule has 0 atom stereocenters. The summed E-state index contributed by atoms with van der Waals surface area (Å²) >= 11 is 1.43. The van der Waals surface area contributed by atoms with Crippen molar-refractivity contribution in [2.24, 2.45) is 0 Å². The minimum absolute atomic E-state index is 0.227. The number of rotatable bonds is 3. The third kappa shape index (κ3) is 2.25. The summed E-state index contributed by atoms with van der Waals surface area (Å²) in [6, 6.07) is 8.68. The lowest BCUT2D eigenvalue weighted by atomic mass is 10.1. The normalized spacial score (nSPS) is 10.5. The summed E-state index contributed by atoms with van der Waals surface area (Å²) in [6.45, 7) is 0. The molecule has 0 spiro atoms. The van der Waals surface area contributed by atoms with Crippen molar-refractivity contribution in [2.75, 3.05) is 5.32 Å². The summed E-state index contributed by atoms with van der Waals surface area (Å²) in [6.07, 6.45) is 1.67. The Morgan fingerprint density at radius 3 is 2.89 bits per heavy atom. The predicted molar refractivity (Wildman–Crippen MR) is 74.1 cm³/mol. The first kappa shape index (κ1) is 11.6. The Bertz CT molecular complexity index is 741. The van der Waals surface area contributed by atoms with Gasteiger partial charge in [-0.25, -0.2) is 14.8 Å². The molecule has 19 heavy (non-hydrogen) atoms. The van der Waals surface area contributed by atoms with Crippen LogP contribution in [0.15, 0.2) is 41.9 Å². The van der Waals surface area contributed by atoms with Crippen molar-refractivity contribution in [1.29, 1.82) is 0 Å². The monoisotopic (exact) mass is 271 g/mol. The Balaban J connectivity index is 2.13. The molecule has 1 aromatic carbocycles. The number of para-hydroxylation sites is 1. The lowest BCUT2D eigenvalue weighted by molar-refractivity contribution is 0.0699. The van der Waals surface area contributed by atoms with Crippen LogP contribution in [-0.4, -0.2) is 21.0 Å². The second kappa shape index (κ2) is 4.66. The van der Waals surface area contributed by atoms with Crippen molar-refractivity contribution < 1.29 is 9.90 Å². The number of carbonyl (C=O) groups is 1. The number of fused-ring (bicyclic) bond motifs is 1. The van der Waals surface area contributed by atoms with Crippen LogP contribution in [0, 0.1) is 0 Å². The molecule has 0 saturated carbocycles. The molecule has 0 bridgehead atoms. The molecule has 3 aromatic rings. The van der Waals surface area contributed by atoms with Gasteiger partial charge >= 0.3 is 5.97 Å². The van der Waals surface area contributed by atoms with Crippen molar-refractivity contribution >= 4 is 39.2 Å². The van der Waals surface area contributed by atoms with E-state index < -0.39 is 5.97 Å². The molecule has 94 valence electrons. The largest absolute Gasteiger partial charge is 0.478 e. The molecule has 0 amide bonds. The molecule has 6 heteroatoms. The Morgan fingerprint density at radius 2 is 2.16 bits per heavy atom. The van der Waals surface area contributed by atoms with Crippen molar-refractivity contribution in [3.63, 3.8) is 0 Å². The number of anilines is 2. The van der Waals surface area contributed by atoms with Crippen LogP contribution in [0.25, 0.3) is 10.9 Å². The van der Waals surface area contributed by atoms with Gasteiger partial charge in [0.15, 0.2) is 5.13 Å². The molecule has 5 nitrogen and oxygen atoms in total. The highest BCUT2D eigenvalue weighted by Crippen LogP contribution is 2.23. The van der Waals surface area contributed by atoms with Gasteiger partial charge in [0.1, 0.15) is 5.82 Å². The molecular formula is C13H9N3O2S. The summed E-state index contributed by atoms with van der Waals surface area (Å²) in [5.74, 6) is -0.494. The summed E-state index contributed by atoms with van der Waals surface area (Å²) in [7, 11) is 0. The molecule has 0 saturated heterocycles. The minimum Gasteiger partial charge on any atom is -0.478 e. The SMILES string of the molecule is O=C(O)c1cc(Nc2nccs2)nc2ccccc12. The number of hydrogen-bond acceptors (Lipinski definition) is 5. The lowest BCUT2D eigenvalue weighted by Crippen LogP contribution is -2.02. The number of carboxylic acids is 1. The Kier molecular flexibility index (Phi) is 2.85. The maximum Gasteiger partial charge on any atom is 0.336 e. The summed E-state index contributed by atoms with van der Waals surface area (Å²) in [4.78, 5) is 19.8. The van der Waals surface area contributed by atoms with Crippen LogP contribution >= 0.6 is 11.3 Å². The van der Waals surface area contributed by atoms with Crippen molar-refractivity contribution in [2.45, 2.75) is 0 Å². The van der Waals surface area contributed by atoms with Crippen LogP contribution < -0.4 is 5.32 Å². The number of pyridine rings is 1. The van der Waals surface area contributed by atoms with Crippen LogP contribution in [0.5, 0.6) is 0 Å². The quantitative estimate of drug-likeness (QED) is 0.765. The van der Waals surface area contributed by atoms with Gasteiger partial charge in [-0.2, -0.15) is 0 Å². The standard InChI is InChI=1S/C13H9N3O2S/c17-12(18)9-7-11(16-13-14-5-6-19-13)15-10-4-2-1-3-8(9)10/h1-7H,(H,17,18)(H,14,15,16). The molecule has 3 rings (SSSR count). The van der Waals surface area contributed by atoms with E-state index >= 15 is 0 Å². The van der Waals surface area contributed by atoms with Gasteiger partial charge in [0.2, 0.25) is 0 Å². The Morgan fingerprint density at radius 1 is 1.32 bits per heavy atom. The highest BCUT2D eigenvalue weighted by molar-refractivity contribution is 7.13. The molecule has 0 unspecified atom stereocenters. The smallest absolute Gasteiger partial charge is 0.336 e. The van der Waals surface area contributed by atoms with Gasteiger partial charge in [-0.1, -0.05) is 18.2 Å². The maximum absolute atomic E-state index is 11.3. The Hall–Kier alpha value is -2.47. The van der Waals surface area contributed by atoms with E-state index in [0.717, 1.165) is 0 Å². The maximum atomic E-state index is 11.3. The van der Waals surface area contributed by atoms with Crippen molar-refractivity contribution in [1.82, 2.24) is 9.97 Å². The number of nitrogens with one attached hydrogen (secondary N) is 1. The number of nitrogens with zero attached hydrogens (tertiary/aromatic N) is 2. The van der Waals surface area contributed by atoms with E-state index in [1.807, 2.05) is 11.4 Å². The van der Waals surface area contributed by atoms with E-state index in [1.165, 1.54) is 17.4 Å². The molecule has 0 radical (unpaired) electrons. The van der Waals surface area contributed by atoms with E-state index in [1.54, 1.807) is 24.4 Å². The van der Waals surface area contributed by atoms with Crippen LogP contribution in [0.4, 0.5) is 10.9 Å². The molecule has 2 aromatic heterocycles. The molecule has 2 heterocycles. The van der Waals surface area contributed by atoms with E-state index in [0.29, 0.717) is 21.9 Å². The van der Waals surface area contributed by atoms with Gasteiger partial charge in [0.05, 0.1) is 11.1 Å². The number of aromatic carboxylic acids is 1. The fourth-order valence-electron chi connectivity index (χ4n) is 1.81. The number of aromatic nitrogens is 2. The molecule has 0 aliphatic heterocycles. The van der Waals surface area contributed by atoms with Crippen LogP contribution in [0.1, 0.15) is 10.4 Å². The summed E-state index contributed by atoms with van der Waals surface area (Å²) < 4.78 is 0. The molecule has 0 aliphatic rings. The number of thiazole rings is 1. The van der Waals surface area contributed by atoms with E-state index in [9.17, 15) is 9.90 Å². The zero-order valence-corrected chi connectivity index (χ0v) is 10.5. The zero-order valence-electron chi connectivity index (χ0n) is 9.70. The van der Waals surface area contributed by atoms with E-state index in [-0.39, 0.29) is 5.56 Å². The predicted octanol–water partition coefficient (Wildman–Crippen LogP) is 3.13. The number of hydrogen-bond donors (Lipinski definition) is 2. The topological polar surface area (TPSA) is 75.1 Å². The van der Waals surface area contributed by atoms with Crippen LogP contribution in [-0.2, 0) is 0 Å². The molecular weight excluding hydrogens is 262 g/mol. The first-order valence-electron chi connectivity index (χ1n) is 5.53. The first-order valence-corrected chi connectivity index (χ1v) is 6.41. The van der Waals surface area contributed by atoms with Gasteiger partial charge in [-0.3, -0.25) is 0 Å². The second-order valence-corrected chi connectivity index (χ2v) is 4.73. The van der Waals surface area contributed by atoms with Gasteiger partial charge in [0.25, 0.3) is 0 Å².